The summed E-state index contributed by atoms with van der Waals surface area (Å²) in [6.07, 6.45) is 4.14. The summed E-state index contributed by atoms with van der Waals surface area (Å²) in [5, 5.41) is 5.68. The van der Waals surface area contributed by atoms with Crippen LogP contribution in [0.3, 0.4) is 0 Å². The van der Waals surface area contributed by atoms with Crippen molar-refractivity contribution in [2.24, 2.45) is 17.6 Å². The number of rotatable bonds is 4. The van der Waals surface area contributed by atoms with Crippen LogP contribution in [-0.4, -0.2) is 30.9 Å². The largest absolute Gasteiger partial charge is 0.369 e. The molecule has 7 nitrogen and oxygen atoms in total. The van der Waals surface area contributed by atoms with Gasteiger partial charge in [-0.25, -0.2) is 4.79 Å². The van der Waals surface area contributed by atoms with Crippen LogP contribution in [-0.2, 0) is 9.59 Å². The predicted octanol–water partition coefficient (Wildman–Crippen LogP) is 1.84. The lowest BCUT2D eigenvalue weighted by Gasteiger charge is -2.29. The van der Waals surface area contributed by atoms with E-state index in [1.165, 1.54) is 0 Å². The fourth-order valence-corrected chi connectivity index (χ4v) is 3.62. The molecule has 2 aliphatic rings. The van der Waals surface area contributed by atoms with Crippen LogP contribution in [0.5, 0.6) is 0 Å². The van der Waals surface area contributed by atoms with Gasteiger partial charge in [0.25, 0.3) is 0 Å². The number of nitrogens with one attached hydrogen (secondary N) is 2. The van der Waals surface area contributed by atoms with Gasteiger partial charge >= 0.3 is 6.03 Å². The fourth-order valence-electron chi connectivity index (χ4n) is 3.62. The van der Waals surface area contributed by atoms with Crippen molar-refractivity contribution in [2.45, 2.75) is 32.1 Å². The zero-order chi connectivity index (χ0) is 17.8. The summed E-state index contributed by atoms with van der Waals surface area (Å²) < 4.78 is 0. The van der Waals surface area contributed by atoms with Gasteiger partial charge in [0, 0.05) is 36.3 Å². The summed E-state index contributed by atoms with van der Waals surface area (Å²) in [7, 11) is 0. The molecule has 1 aromatic rings. The average Bonchev–Trinajstić information content (AvgIpc) is 2.63. The van der Waals surface area contributed by atoms with Gasteiger partial charge in [0.05, 0.1) is 0 Å². The summed E-state index contributed by atoms with van der Waals surface area (Å²) in [6, 6.07) is 7.07. The van der Waals surface area contributed by atoms with Gasteiger partial charge in [0.15, 0.2) is 0 Å². The Labute approximate surface area is 146 Å². The van der Waals surface area contributed by atoms with Crippen LogP contribution in [0.15, 0.2) is 24.3 Å². The van der Waals surface area contributed by atoms with E-state index in [1.54, 1.807) is 17.0 Å². The Balaban J connectivity index is 1.65. The molecular formula is C18H24N4O3. The minimum Gasteiger partial charge on any atom is -0.369 e. The second-order valence-electron chi connectivity index (χ2n) is 6.67. The van der Waals surface area contributed by atoms with Gasteiger partial charge in [-0.3, -0.25) is 14.5 Å². The minimum absolute atomic E-state index is 0.102. The number of carbonyl (C=O) groups is 3. The molecule has 0 bridgehead atoms. The van der Waals surface area contributed by atoms with Crippen molar-refractivity contribution in [3.05, 3.63) is 24.3 Å². The van der Waals surface area contributed by atoms with Gasteiger partial charge in [-0.05, 0) is 43.5 Å². The van der Waals surface area contributed by atoms with Crippen molar-refractivity contribution in [3.63, 3.8) is 0 Å². The Morgan fingerprint density at radius 2 is 1.76 bits per heavy atom. The first-order valence-corrected chi connectivity index (χ1v) is 8.82. The molecule has 3 rings (SSSR count). The highest BCUT2D eigenvalue weighted by atomic mass is 16.2. The highest BCUT2D eigenvalue weighted by Crippen LogP contribution is 2.31. The maximum Gasteiger partial charge on any atom is 0.321 e. The quantitative estimate of drug-likeness (QED) is 0.776. The molecule has 1 aliphatic heterocycles. The number of nitrogens with two attached hydrogens (primary N) is 1. The van der Waals surface area contributed by atoms with E-state index in [0.717, 1.165) is 24.9 Å². The van der Waals surface area contributed by atoms with Crippen molar-refractivity contribution >= 4 is 29.2 Å². The summed E-state index contributed by atoms with van der Waals surface area (Å²) >= 11 is 0. The number of primary amides is 1. The van der Waals surface area contributed by atoms with Crippen LogP contribution in [0, 0.1) is 11.8 Å². The van der Waals surface area contributed by atoms with E-state index < -0.39 is 5.91 Å². The summed E-state index contributed by atoms with van der Waals surface area (Å²) in [4.78, 5) is 37.6. The molecule has 7 heteroatoms. The van der Waals surface area contributed by atoms with Crippen LogP contribution >= 0.6 is 0 Å². The molecule has 134 valence electrons. The zero-order valence-electron chi connectivity index (χ0n) is 14.2. The molecule has 1 saturated carbocycles. The molecule has 2 unspecified atom stereocenters. The molecule has 1 saturated heterocycles. The van der Waals surface area contributed by atoms with E-state index in [-0.39, 0.29) is 23.8 Å². The number of carbonyl (C=O) groups excluding carboxylic acids is 3. The molecule has 1 aromatic carbocycles. The number of hydrogen-bond donors (Lipinski definition) is 3. The molecular weight excluding hydrogens is 320 g/mol. The van der Waals surface area contributed by atoms with E-state index in [1.807, 2.05) is 12.1 Å². The standard InChI is InChI=1S/C18H24N4O3/c19-16(23)14-4-1-2-5-15(14)17(24)21-12-6-8-13(9-7-12)22-11-3-10-20-18(22)25/h6-9,14-15H,1-5,10-11H2,(H2,19,23)(H,20,25)(H,21,24). The van der Waals surface area contributed by atoms with Gasteiger partial charge in [0.2, 0.25) is 11.8 Å². The number of hydrogen-bond acceptors (Lipinski definition) is 3. The predicted molar refractivity (Wildman–Crippen MR) is 95.1 cm³/mol. The number of nitrogens with zero attached hydrogens (tertiary/aromatic N) is 1. The number of amides is 4. The van der Waals surface area contributed by atoms with Gasteiger partial charge in [-0.2, -0.15) is 0 Å². The van der Waals surface area contributed by atoms with Crippen molar-refractivity contribution < 1.29 is 14.4 Å². The SMILES string of the molecule is NC(=O)C1CCCCC1C(=O)Nc1ccc(N2CCCNC2=O)cc1. The minimum atomic E-state index is -0.397. The van der Waals surface area contributed by atoms with Crippen LogP contribution in [0.1, 0.15) is 32.1 Å². The normalized spacial score (nSPS) is 23.7. The van der Waals surface area contributed by atoms with Crippen molar-refractivity contribution in [2.75, 3.05) is 23.3 Å². The van der Waals surface area contributed by atoms with Gasteiger partial charge in [-0.15, -0.1) is 0 Å². The summed E-state index contributed by atoms with van der Waals surface area (Å²) in [6.45, 7) is 1.38. The van der Waals surface area contributed by atoms with Crippen LogP contribution in [0.4, 0.5) is 16.2 Å². The molecule has 1 aliphatic carbocycles. The monoisotopic (exact) mass is 344 g/mol. The molecule has 4 amide bonds. The lowest BCUT2D eigenvalue weighted by atomic mass is 9.78. The number of urea groups is 1. The Bertz CT molecular complexity index is 659. The molecule has 2 fully saturated rings. The number of benzene rings is 1. The van der Waals surface area contributed by atoms with Crippen LogP contribution in [0.25, 0.3) is 0 Å². The number of anilines is 2. The first kappa shape index (κ1) is 17.3. The lowest BCUT2D eigenvalue weighted by molar-refractivity contribution is -0.131. The third kappa shape index (κ3) is 3.92. The highest BCUT2D eigenvalue weighted by Gasteiger charge is 2.34. The van der Waals surface area contributed by atoms with E-state index >= 15 is 0 Å². The topological polar surface area (TPSA) is 105 Å². The Morgan fingerprint density at radius 1 is 1.08 bits per heavy atom. The van der Waals surface area contributed by atoms with E-state index in [2.05, 4.69) is 10.6 Å². The molecule has 2 atom stereocenters. The van der Waals surface area contributed by atoms with E-state index in [0.29, 0.717) is 31.6 Å². The summed E-state index contributed by atoms with van der Waals surface area (Å²) in [5.74, 6) is -1.30. The molecule has 4 N–H and O–H groups in total. The highest BCUT2D eigenvalue weighted by molar-refractivity contribution is 5.97. The van der Waals surface area contributed by atoms with Gasteiger partial charge in [-0.1, -0.05) is 12.8 Å². The Morgan fingerprint density at radius 3 is 2.40 bits per heavy atom. The molecule has 0 spiro atoms. The first-order chi connectivity index (χ1) is 12.1. The Kier molecular flexibility index (Phi) is 5.21. The van der Waals surface area contributed by atoms with Gasteiger partial charge < -0.3 is 16.4 Å². The third-order valence-corrected chi connectivity index (χ3v) is 4.99. The second kappa shape index (κ2) is 7.55. The molecule has 0 radical (unpaired) electrons. The third-order valence-electron chi connectivity index (χ3n) is 4.99. The smallest absolute Gasteiger partial charge is 0.321 e. The lowest BCUT2D eigenvalue weighted by Crippen LogP contribution is -2.46. The van der Waals surface area contributed by atoms with Crippen molar-refractivity contribution in [1.29, 1.82) is 0 Å². The molecule has 0 aromatic heterocycles. The second-order valence-corrected chi connectivity index (χ2v) is 6.67. The first-order valence-electron chi connectivity index (χ1n) is 8.82. The maximum atomic E-state index is 12.5. The van der Waals surface area contributed by atoms with E-state index in [4.69, 9.17) is 5.73 Å². The molecule has 1 heterocycles. The van der Waals surface area contributed by atoms with Crippen LogP contribution < -0.4 is 21.3 Å². The Hall–Kier alpha value is -2.57. The van der Waals surface area contributed by atoms with Crippen molar-refractivity contribution in [3.8, 4) is 0 Å². The van der Waals surface area contributed by atoms with Crippen molar-refractivity contribution in [1.82, 2.24) is 5.32 Å². The average molecular weight is 344 g/mol. The fraction of sp³-hybridized carbons (Fsp3) is 0.500. The summed E-state index contributed by atoms with van der Waals surface area (Å²) in [5.41, 5.74) is 6.89. The molecule has 25 heavy (non-hydrogen) atoms. The van der Waals surface area contributed by atoms with E-state index in [9.17, 15) is 14.4 Å². The zero-order valence-corrected chi connectivity index (χ0v) is 14.2. The maximum absolute atomic E-state index is 12.5. The van der Waals surface area contributed by atoms with Crippen LogP contribution in [0.2, 0.25) is 0 Å². The van der Waals surface area contributed by atoms with Gasteiger partial charge in [0.1, 0.15) is 0 Å².